The summed E-state index contributed by atoms with van der Waals surface area (Å²) < 4.78 is 16.9. The normalized spacial score (nSPS) is 11.1. The van der Waals surface area contributed by atoms with E-state index in [1.54, 1.807) is 20.5 Å². The van der Waals surface area contributed by atoms with Gasteiger partial charge < -0.3 is 13.9 Å². The highest BCUT2D eigenvalue weighted by molar-refractivity contribution is 5.96. The average Bonchev–Trinajstić information content (AvgIpc) is 2.94. The van der Waals surface area contributed by atoms with Gasteiger partial charge in [0, 0.05) is 18.1 Å². The number of hydrogen-bond donors (Lipinski definition) is 0. The van der Waals surface area contributed by atoms with Gasteiger partial charge in [-0.1, -0.05) is 31.2 Å². The summed E-state index contributed by atoms with van der Waals surface area (Å²) in [5.41, 5.74) is 4.44. The zero-order chi connectivity index (χ0) is 16.4. The van der Waals surface area contributed by atoms with Crippen molar-refractivity contribution >= 4 is 10.8 Å². The fourth-order valence-corrected chi connectivity index (χ4v) is 3.12. The largest absolute Gasteiger partial charge is 0.495 e. The van der Waals surface area contributed by atoms with Crippen LogP contribution in [0.1, 0.15) is 23.6 Å². The molecule has 3 nitrogen and oxygen atoms in total. The van der Waals surface area contributed by atoms with Crippen LogP contribution in [0.25, 0.3) is 22.1 Å². The first-order valence-electron chi connectivity index (χ1n) is 7.86. The molecule has 0 amide bonds. The highest BCUT2D eigenvalue weighted by Crippen LogP contribution is 2.40. The van der Waals surface area contributed by atoms with E-state index in [-0.39, 0.29) is 0 Å². The first-order valence-corrected chi connectivity index (χ1v) is 7.86. The first-order chi connectivity index (χ1) is 11.2. The maximum absolute atomic E-state index is 5.82. The Balaban J connectivity index is 2.27. The molecular weight excluding hydrogens is 288 g/mol. The van der Waals surface area contributed by atoms with E-state index in [1.165, 1.54) is 10.9 Å². The predicted octanol–water partition coefficient (Wildman–Crippen LogP) is 5.13. The van der Waals surface area contributed by atoms with Gasteiger partial charge in [-0.15, -0.1) is 0 Å². The third kappa shape index (κ3) is 2.62. The van der Waals surface area contributed by atoms with Crippen molar-refractivity contribution in [1.82, 2.24) is 0 Å². The highest BCUT2D eigenvalue weighted by atomic mass is 16.5. The van der Waals surface area contributed by atoms with Crippen molar-refractivity contribution in [1.29, 1.82) is 0 Å². The van der Waals surface area contributed by atoms with Crippen molar-refractivity contribution in [2.75, 3.05) is 14.2 Å². The first kappa shape index (κ1) is 15.6. The van der Waals surface area contributed by atoms with Crippen LogP contribution in [0.3, 0.4) is 0 Å². The van der Waals surface area contributed by atoms with Gasteiger partial charge in [0.05, 0.1) is 25.5 Å². The summed E-state index contributed by atoms with van der Waals surface area (Å²) in [5.74, 6) is 1.68. The third-order valence-corrected chi connectivity index (χ3v) is 4.32. The molecule has 0 aliphatic heterocycles. The van der Waals surface area contributed by atoms with Crippen molar-refractivity contribution in [3.05, 3.63) is 53.3 Å². The summed E-state index contributed by atoms with van der Waals surface area (Å²) in [6.45, 7) is 4.72. The molecule has 0 radical (unpaired) electrons. The number of rotatable bonds is 5. The SMILES string of the molecule is CCc1cccc2c(OC)c(-c3occ(C)c3COC)ccc12. The van der Waals surface area contributed by atoms with Gasteiger partial charge in [-0.3, -0.25) is 0 Å². The lowest BCUT2D eigenvalue weighted by atomic mass is 9.97. The molecule has 0 N–H and O–H groups in total. The molecule has 120 valence electrons. The molecule has 0 aliphatic carbocycles. The zero-order valence-electron chi connectivity index (χ0n) is 14.1. The topological polar surface area (TPSA) is 31.6 Å². The number of hydrogen-bond acceptors (Lipinski definition) is 3. The number of methoxy groups -OCH3 is 2. The Labute approximate surface area is 136 Å². The van der Waals surface area contributed by atoms with Crippen molar-refractivity contribution in [3.63, 3.8) is 0 Å². The van der Waals surface area contributed by atoms with Gasteiger partial charge in [0.25, 0.3) is 0 Å². The van der Waals surface area contributed by atoms with E-state index in [9.17, 15) is 0 Å². The van der Waals surface area contributed by atoms with E-state index >= 15 is 0 Å². The number of furan rings is 1. The summed E-state index contributed by atoms with van der Waals surface area (Å²) in [5, 5.41) is 2.34. The van der Waals surface area contributed by atoms with Crippen molar-refractivity contribution in [3.8, 4) is 17.1 Å². The van der Waals surface area contributed by atoms with Crippen LogP contribution in [0.2, 0.25) is 0 Å². The molecule has 2 aromatic carbocycles. The van der Waals surface area contributed by atoms with E-state index in [4.69, 9.17) is 13.9 Å². The molecule has 23 heavy (non-hydrogen) atoms. The Hall–Kier alpha value is -2.26. The van der Waals surface area contributed by atoms with E-state index < -0.39 is 0 Å². The van der Waals surface area contributed by atoms with Crippen LogP contribution < -0.4 is 4.74 Å². The molecule has 3 heteroatoms. The maximum atomic E-state index is 5.82. The summed E-state index contributed by atoms with van der Waals surface area (Å²) in [6.07, 6.45) is 2.77. The Bertz CT molecular complexity index is 830. The average molecular weight is 310 g/mol. The Kier molecular flexibility index (Phi) is 4.39. The standard InChI is InChI=1S/C20H22O3/c1-5-14-7-6-8-16-15(14)9-10-17(19(16)22-4)20-18(12-21-3)13(2)11-23-20/h6-11H,5,12H2,1-4H3. The molecule has 0 saturated carbocycles. The molecule has 3 aromatic rings. The molecule has 0 spiro atoms. The second-order valence-corrected chi connectivity index (χ2v) is 5.67. The number of aryl methyl sites for hydroxylation is 2. The molecule has 0 aliphatic rings. The van der Waals surface area contributed by atoms with Gasteiger partial charge in [0.15, 0.2) is 0 Å². The fraction of sp³-hybridized carbons (Fsp3) is 0.300. The Morgan fingerprint density at radius 3 is 2.57 bits per heavy atom. The van der Waals surface area contributed by atoms with E-state index in [0.717, 1.165) is 40.0 Å². The molecule has 0 bridgehead atoms. The monoisotopic (exact) mass is 310 g/mol. The lowest BCUT2D eigenvalue weighted by Gasteiger charge is -2.13. The van der Waals surface area contributed by atoms with Gasteiger partial charge in [0.2, 0.25) is 0 Å². The van der Waals surface area contributed by atoms with Crippen molar-refractivity contribution in [2.45, 2.75) is 26.9 Å². The van der Waals surface area contributed by atoms with Gasteiger partial charge >= 0.3 is 0 Å². The lowest BCUT2D eigenvalue weighted by Crippen LogP contribution is -1.95. The quantitative estimate of drug-likeness (QED) is 0.655. The van der Waals surface area contributed by atoms with E-state index in [2.05, 4.69) is 37.3 Å². The number of ether oxygens (including phenoxy) is 2. The second kappa shape index (κ2) is 6.47. The van der Waals surface area contributed by atoms with Crippen LogP contribution in [0, 0.1) is 6.92 Å². The van der Waals surface area contributed by atoms with E-state index in [1.807, 2.05) is 6.92 Å². The van der Waals surface area contributed by atoms with Gasteiger partial charge in [-0.2, -0.15) is 0 Å². The highest BCUT2D eigenvalue weighted by Gasteiger charge is 2.19. The molecule has 0 atom stereocenters. The molecule has 1 heterocycles. The lowest BCUT2D eigenvalue weighted by molar-refractivity contribution is 0.184. The summed E-state index contributed by atoms with van der Waals surface area (Å²) in [7, 11) is 3.41. The summed E-state index contributed by atoms with van der Waals surface area (Å²) in [4.78, 5) is 0. The predicted molar refractivity (Wildman–Crippen MR) is 93.0 cm³/mol. The Morgan fingerprint density at radius 1 is 1.04 bits per heavy atom. The number of fused-ring (bicyclic) bond motifs is 1. The van der Waals surface area contributed by atoms with E-state index in [0.29, 0.717) is 6.61 Å². The zero-order valence-corrected chi connectivity index (χ0v) is 14.1. The third-order valence-electron chi connectivity index (χ3n) is 4.32. The van der Waals surface area contributed by atoms with Gasteiger partial charge in [-0.05, 0) is 35.9 Å². The van der Waals surface area contributed by atoms with Crippen molar-refractivity contribution < 1.29 is 13.9 Å². The van der Waals surface area contributed by atoms with Crippen LogP contribution in [0.4, 0.5) is 0 Å². The van der Waals surface area contributed by atoms with Gasteiger partial charge in [-0.25, -0.2) is 0 Å². The van der Waals surface area contributed by atoms with Crippen LogP contribution in [-0.2, 0) is 17.8 Å². The minimum atomic E-state index is 0.522. The van der Waals surface area contributed by atoms with Crippen molar-refractivity contribution in [2.24, 2.45) is 0 Å². The minimum absolute atomic E-state index is 0.522. The Morgan fingerprint density at radius 2 is 1.87 bits per heavy atom. The molecule has 0 saturated heterocycles. The molecule has 0 fully saturated rings. The minimum Gasteiger partial charge on any atom is -0.495 e. The van der Waals surface area contributed by atoms with Crippen LogP contribution >= 0.6 is 0 Å². The second-order valence-electron chi connectivity index (χ2n) is 5.67. The smallest absolute Gasteiger partial charge is 0.143 e. The van der Waals surface area contributed by atoms with Crippen LogP contribution in [0.15, 0.2) is 41.0 Å². The fourth-order valence-electron chi connectivity index (χ4n) is 3.12. The summed E-state index contributed by atoms with van der Waals surface area (Å²) >= 11 is 0. The van der Waals surface area contributed by atoms with Crippen LogP contribution in [0.5, 0.6) is 5.75 Å². The number of benzene rings is 2. The molecular formula is C20H22O3. The molecule has 3 rings (SSSR count). The van der Waals surface area contributed by atoms with Crippen LogP contribution in [-0.4, -0.2) is 14.2 Å². The summed E-state index contributed by atoms with van der Waals surface area (Å²) in [6, 6.07) is 10.6. The molecule has 0 unspecified atom stereocenters. The maximum Gasteiger partial charge on any atom is 0.143 e. The van der Waals surface area contributed by atoms with Gasteiger partial charge in [0.1, 0.15) is 11.5 Å². The molecule has 1 aromatic heterocycles.